The van der Waals surface area contributed by atoms with Gasteiger partial charge in [-0.2, -0.15) is 4.31 Å². The average Bonchev–Trinajstić information content (AvgIpc) is 2.94. The van der Waals surface area contributed by atoms with Gasteiger partial charge in [-0.15, -0.1) is 0 Å². The molecule has 0 radical (unpaired) electrons. The van der Waals surface area contributed by atoms with Crippen molar-refractivity contribution >= 4 is 31.5 Å². The Morgan fingerprint density at radius 1 is 1.12 bits per heavy atom. The smallest absolute Gasteiger partial charge is 0.243 e. The maximum atomic E-state index is 12.6. The third-order valence-electron chi connectivity index (χ3n) is 4.89. The molecule has 1 amide bonds. The molecule has 9 heteroatoms. The van der Waals surface area contributed by atoms with Gasteiger partial charge in [-0.1, -0.05) is 6.42 Å². The summed E-state index contributed by atoms with van der Waals surface area (Å²) in [5.74, 6) is -0.181. The number of rotatable bonds is 5. The number of amides is 1. The molecule has 1 atom stereocenters. The fourth-order valence-corrected chi connectivity index (χ4v) is 6.85. The van der Waals surface area contributed by atoms with E-state index in [4.69, 9.17) is 0 Å². The van der Waals surface area contributed by atoms with Crippen molar-refractivity contribution in [2.24, 2.45) is 5.92 Å². The van der Waals surface area contributed by atoms with Crippen LogP contribution in [-0.4, -0.2) is 51.6 Å². The highest BCUT2D eigenvalue weighted by atomic mass is 32.2. The maximum Gasteiger partial charge on any atom is 0.243 e. The average molecular weight is 401 g/mol. The standard InChI is InChI=1S/C17H24N2O5S2/c20-17(12-14-8-11-25(21,22)13-14)18-15-4-6-16(7-5-15)26(23,24)19-9-2-1-3-10-19/h4-7,14H,1-3,8-13H2,(H,18,20)/t14-/m1/s1. The van der Waals surface area contributed by atoms with Crippen molar-refractivity contribution in [3.05, 3.63) is 24.3 Å². The molecular weight excluding hydrogens is 376 g/mol. The summed E-state index contributed by atoms with van der Waals surface area (Å²) in [5, 5.41) is 2.71. The first-order chi connectivity index (χ1) is 12.3. The van der Waals surface area contributed by atoms with Crippen LogP contribution in [0, 0.1) is 5.92 Å². The van der Waals surface area contributed by atoms with Crippen LogP contribution >= 0.6 is 0 Å². The number of sulfonamides is 1. The van der Waals surface area contributed by atoms with E-state index in [0.29, 0.717) is 25.2 Å². The maximum absolute atomic E-state index is 12.6. The fraction of sp³-hybridized carbons (Fsp3) is 0.588. The van der Waals surface area contributed by atoms with Crippen molar-refractivity contribution in [1.29, 1.82) is 0 Å². The molecule has 1 aromatic rings. The van der Waals surface area contributed by atoms with Gasteiger partial charge in [0.25, 0.3) is 0 Å². The van der Waals surface area contributed by atoms with Crippen LogP contribution in [0.1, 0.15) is 32.1 Å². The lowest BCUT2D eigenvalue weighted by Gasteiger charge is -2.25. The van der Waals surface area contributed by atoms with E-state index in [0.717, 1.165) is 19.3 Å². The molecule has 3 rings (SSSR count). The zero-order valence-electron chi connectivity index (χ0n) is 14.6. The van der Waals surface area contributed by atoms with E-state index in [1.54, 1.807) is 12.1 Å². The van der Waals surface area contributed by atoms with Crippen molar-refractivity contribution in [3.63, 3.8) is 0 Å². The number of nitrogens with one attached hydrogen (secondary N) is 1. The highest BCUT2D eigenvalue weighted by Gasteiger charge is 2.29. The topological polar surface area (TPSA) is 101 Å². The van der Waals surface area contributed by atoms with Crippen LogP contribution < -0.4 is 5.32 Å². The lowest BCUT2D eigenvalue weighted by Crippen LogP contribution is -2.35. The predicted octanol–water partition coefficient (Wildman–Crippen LogP) is 1.62. The van der Waals surface area contributed by atoms with Gasteiger partial charge in [0, 0.05) is 25.2 Å². The van der Waals surface area contributed by atoms with Crippen LogP contribution in [0.5, 0.6) is 0 Å². The van der Waals surface area contributed by atoms with Crippen LogP contribution in [0.15, 0.2) is 29.2 Å². The molecule has 0 spiro atoms. The van der Waals surface area contributed by atoms with Gasteiger partial charge in [-0.05, 0) is 49.4 Å². The Balaban J connectivity index is 1.60. The molecule has 144 valence electrons. The Morgan fingerprint density at radius 2 is 1.77 bits per heavy atom. The quantitative estimate of drug-likeness (QED) is 0.809. The van der Waals surface area contributed by atoms with Crippen molar-refractivity contribution in [2.75, 3.05) is 29.9 Å². The Labute approximate surface area is 154 Å². The van der Waals surface area contributed by atoms with E-state index in [1.807, 2.05) is 0 Å². The first-order valence-corrected chi connectivity index (χ1v) is 12.1. The summed E-state index contributed by atoms with van der Waals surface area (Å²) in [5.41, 5.74) is 0.508. The van der Waals surface area contributed by atoms with E-state index < -0.39 is 19.9 Å². The van der Waals surface area contributed by atoms with Crippen molar-refractivity contribution < 1.29 is 21.6 Å². The van der Waals surface area contributed by atoms with E-state index >= 15 is 0 Å². The molecule has 0 saturated carbocycles. The second-order valence-electron chi connectivity index (χ2n) is 7.01. The largest absolute Gasteiger partial charge is 0.326 e. The third kappa shape index (κ3) is 4.63. The minimum absolute atomic E-state index is 0.0629. The SMILES string of the molecule is O=C(C[C@H]1CCS(=O)(=O)C1)Nc1ccc(S(=O)(=O)N2CCCCC2)cc1. The summed E-state index contributed by atoms with van der Waals surface area (Å²) >= 11 is 0. The zero-order valence-corrected chi connectivity index (χ0v) is 16.2. The number of carbonyl (C=O) groups excluding carboxylic acids is 1. The van der Waals surface area contributed by atoms with Gasteiger partial charge in [0.05, 0.1) is 16.4 Å². The third-order valence-corrected chi connectivity index (χ3v) is 8.64. The highest BCUT2D eigenvalue weighted by Crippen LogP contribution is 2.24. The second kappa shape index (κ2) is 7.66. The van der Waals surface area contributed by atoms with E-state index in [2.05, 4.69) is 5.32 Å². The number of anilines is 1. The summed E-state index contributed by atoms with van der Waals surface area (Å²) in [6.07, 6.45) is 3.49. The van der Waals surface area contributed by atoms with Gasteiger partial charge >= 0.3 is 0 Å². The Hall–Kier alpha value is -1.45. The van der Waals surface area contributed by atoms with E-state index in [9.17, 15) is 21.6 Å². The highest BCUT2D eigenvalue weighted by molar-refractivity contribution is 7.91. The van der Waals surface area contributed by atoms with Gasteiger partial charge in [-0.25, -0.2) is 16.8 Å². The minimum atomic E-state index is -3.48. The number of carbonyl (C=O) groups is 1. The van der Waals surface area contributed by atoms with Gasteiger partial charge < -0.3 is 5.32 Å². The monoisotopic (exact) mass is 400 g/mol. The van der Waals surface area contributed by atoms with Crippen LogP contribution in [0.4, 0.5) is 5.69 Å². The molecule has 7 nitrogen and oxygen atoms in total. The summed E-state index contributed by atoms with van der Waals surface area (Å²) < 4.78 is 49.6. The molecule has 2 aliphatic rings. The summed E-state index contributed by atoms with van der Waals surface area (Å²) in [4.78, 5) is 12.3. The molecule has 2 saturated heterocycles. The molecule has 2 fully saturated rings. The van der Waals surface area contributed by atoms with Crippen LogP contribution in [-0.2, 0) is 24.7 Å². The minimum Gasteiger partial charge on any atom is -0.326 e. The van der Waals surface area contributed by atoms with Crippen molar-refractivity contribution in [1.82, 2.24) is 4.31 Å². The molecule has 1 N–H and O–H groups in total. The van der Waals surface area contributed by atoms with Crippen LogP contribution in [0.2, 0.25) is 0 Å². The van der Waals surface area contributed by atoms with E-state index in [1.165, 1.54) is 16.4 Å². The number of nitrogens with zero attached hydrogens (tertiary/aromatic N) is 1. The number of piperidine rings is 1. The molecule has 0 aromatic heterocycles. The Morgan fingerprint density at radius 3 is 2.35 bits per heavy atom. The number of benzene rings is 1. The molecule has 26 heavy (non-hydrogen) atoms. The summed E-state index contributed by atoms with van der Waals surface area (Å²) in [6.45, 7) is 1.09. The first-order valence-electron chi connectivity index (χ1n) is 8.87. The molecule has 1 aromatic carbocycles. The molecule has 2 aliphatic heterocycles. The molecule has 0 bridgehead atoms. The van der Waals surface area contributed by atoms with Gasteiger partial charge in [0.2, 0.25) is 15.9 Å². The lowest BCUT2D eigenvalue weighted by molar-refractivity contribution is -0.116. The summed E-state index contributed by atoms with van der Waals surface area (Å²) in [6, 6.07) is 6.14. The predicted molar refractivity (Wildman–Crippen MR) is 99.1 cm³/mol. The lowest BCUT2D eigenvalue weighted by atomic mass is 10.1. The first kappa shape index (κ1) is 19.3. The Kier molecular flexibility index (Phi) is 5.69. The number of hydrogen-bond acceptors (Lipinski definition) is 5. The number of hydrogen-bond donors (Lipinski definition) is 1. The van der Waals surface area contributed by atoms with Gasteiger partial charge in [0.1, 0.15) is 0 Å². The van der Waals surface area contributed by atoms with Crippen LogP contribution in [0.25, 0.3) is 0 Å². The Bertz CT molecular complexity index is 857. The molecule has 2 heterocycles. The van der Waals surface area contributed by atoms with Crippen molar-refractivity contribution in [2.45, 2.75) is 37.0 Å². The second-order valence-corrected chi connectivity index (χ2v) is 11.2. The molecule has 0 unspecified atom stereocenters. The molecular formula is C17H24N2O5S2. The van der Waals surface area contributed by atoms with E-state index in [-0.39, 0.29) is 34.6 Å². The van der Waals surface area contributed by atoms with Gasteiger partial charge in [0.15, 0.2) is 9.84 Å². The normalized spacial score (nSPS) is 23.6. The zero-order chi connectivity index (χ0) is 18.8. The molecule has 0 aliphatic carbocycles. The summed E-state index contributed by atoms with van der Waals surface area (Å²) in [7, 11) is -6.48. The number of sulfone groups is 1. The van der Waals surface area contributed by atoms with Crippen molar-refractivity contribution in [3.8, 4) is 0 Å². The van der Waals surface area contributed by atoms with Crippen LogP contribution in [0.3, 0.4) is 0 Å². The van der Waals surface area contributed by atoms with Gasteiger partial charge in [-0.3, -0.25) is 4.79 Å². The fourth-order valence-electron chi connectivity index (χ4n) is 3.47.